The van der Waals surface area contributed by atoms with Gasteiger partial charge in [0.15, 0.2) is 11.8 Å². The van der Waals surface area contributed by atoms with Gasteiger partial charge in [0, 0.05) is 23.6 Å². The van der Waals surface area contributed by atoms with Gasteiger partial charge in [0.1, 0.15) is 5.60 Å². The molecule has 0 aromatic carbocycles. The highest BCUT2D eigenvalue weighted by molar-refractivity contribution is 5.78. The molecule has 0 amide bonds. The van der Waals surface area contributed by atoms with Gasteiger partial charge in [-0.2, -0.15) is 0 Å². The molecule has 2 unspecified atom stereocenters. The summed E-state index contributed by atoms with van der Waals surface area (Å²) < 4.78 is 13.0. The second-order valence-electron chi connectivity index (χ2n) is 11.1. The van der Waals surface area contributed by atoms with Crippen LogP contribution < -0.4 is 0 Å². The Labute approximate surface area is 189 Å². The average Bonchev–Trinajstić information content (AvgIpc) is 2.94. The summed E-state index contributed by atoms with van der Waals surface area (Å²) in [4.78, 5) is 25.9. The lowest BCUT2D eigenvalue weighted by Gasteiger charge is -2.59. The molecule has 0 saturated heterocycles. The van der Waals surface area contributed by atoms with E-state index in [1.807, 2.05) is 0 Å². The lowest BCUT2D eigenvalue weighted by molar-refractivity contribution is -0.214. The second kappa shape index (κ2) is 7.42. The van der Waals surface area contributed by atoms with Gasteiger partial charge in [-0.25, -0.2) is 0 Å². The van der Waals surface area contributed by atoms with Gasteiger partial charge >= 0.3 is 11.9 Å². The standard InChI is InChI=1S/C25H35NO6/c1-14-15(2)21(28)26(20(14)27)19-6-4-18(5-7-19)22(29)32-25-11-16-8-17(12-25)10-24(9-16,13-25)23(30)31-3/h16-19,27-28H,4-13H2,1-3H3. The van der Waals surface area contributed by atoms with Crippen LogP contribution in [0.4, 0.5) is 0 Å². The molecule has 5 saturated carbocycles. The zero-order valence-electron chi connectivity index (χ0n) is 19.4. The third-order valence-electron chi connectivity index (χ3n) is 9.03. The number of rotatable bonds is 4. The first-order valence-electron chi connectivity index (χ1n) is 12.1. The molecule has 7 nitrogen and oxygen atoms in total. The van der Waals surface area contributed by atoms with Crippen LogP contribution in [0.1, 0.15) is 81.4 Å². The van der Waals surface area contributed by atoms with Crippen LogP contribution in [0.2, 0.25) is 0 Å². The molecule has 5 aliphatic rings. The van der Waals surface area contributed by atoms with E-state index in [0.29, 0.717) is 55.1 Å². The van der Waals surface area contributed by atoms with E-state index in [9.17, 15) is 19.8 Å². The van der Waals surface area contributed by atoms with Crippen LogP contribution in [-0.2, 0) is 19.1 Å². The summed E-state index contributed by atoms with van der Waals surface area (Å²) >= 11 is 0. The van der Waals surface area contributed by atoms with E-state index >= 15 is 0 Å². The van der Waals surface area contributed by atoms with Crippen molar-refractivity contribution in [3.63, 3.8) is 0 Å². The number of carbonyl (C=O) groups excluding carboxylic acids is 2. The molecule has 0 spiro atoms. The number of hydrogen-bond acceptors (Lipinski definition) is 6. The number of aromatic nitrogens is 1. The zero-order chi connectivity index (χ0) is 22.8. The Morgan fingerprint density at radius 2 is 1.50 bits per heavy atom. The van der Waals surface area contributed by atoms with Crippen LogP contribution in [0.25, 0.3) is 0 Å². The number of nitrogens with zero attached hydrogens (tertiary/aromatic N) is 1. The van der Waals surface area contributed by atoms with E-state index in [1.54, 1.807) is 18.4 Å². The van der Waals surface area contributed by atoms with Crippen LogP contribution in [0.3, 0.4) is 0 Å². The smallest absolute Gasteiger partial charge is 0.311 e. The first-order valence-corrected chi connectivity index (χ1v) is 12.1. The molecule has 2 N–H and O–H groups in total. The summed E-state index contributed by atoms with van der Waals surface area (Å²) in [7, 11) is 1.46. The topological polar surface area (TPSA) is 98.0 Å². The van der Waals surface area contributed by atoms with Crippen molar-refractivity contribution >= 4 is 11.9 Å². The summed E-state index contributed by atoms with van der Waals surface area (Å²) in [6.45, 7) is 3.60. The molecular weight excluding hydrogens is 410 g/mol. The van der Waals surface area contributed by atoms with Crippen molar-refractivity contribution in [2.45, 2.75) is 89.7 Å². The lowest BCUT2D eigenvalue weighted by atomic mass is 9.48. The van der Waals surface area contributed by atoms with Crippen LogP contribution in [0, 0.1) is 37.0 Å². The Hall–Kier alpha value is -2.18. The number of methoxy groups -OCH3 is 1. The van der Waals surface area contributed by atoms with Gasteiger partial charge in [-0.15, -0.1) is 0 Å². The van der Waals surface area contributed by atoms with E-state index in [-0.39, 0.29) is 35.7 Å². The number of carbonyl (C=O) groups is 2. The molecule has 5 aliphatic carbocycles. The molecule has 1 heterocycles. The Morgan fingerprint density at radius 3 is 2.03 bits per heavy atom. The van der Waals surface area contributed by atoms with E-state index in [2.05, 4.69) is 0 Å². The van der Waals surface area contributed by atoms with E-state index in [4.69, 9.17) is 9.47 Å². The van der Waals surface area contributed by atoms with E-state index in [1.165, 1.54) is 7.11 Å². The molecule has 0 radical (unpaired) electrons. The van der Waals surface area contributed by atoms with Gasteiger partial charge < -0.3 is 19.7 Å². The van der Waals surface area contributed by atoms with Crippen LogP contribution in [0.5, 0.6) is 11.8 Å². The van der Waals surface area contributed by atoms with Crippen molar-refractivity contribution in [2.24, 2.45) is 23.2 Å². The summed E-state index contributed by atoms with van der Waals surface area (Å²) in [5.74, 6) is 0.661. The number of esters is 2. The predicted octanol–water partition coefficient (Wildman–Crippen LogP) is 4.30. The van der Waals surface area contributed by atoms with Crippen LogP contribution >= 0.6 is 0 Å². The lowest BCUT2D eigenvalue weighted by Crippen LogP contribution is -2.60. The van der Waals surface area contributed by atoms with Gasteiger partial charge in [0.2, 0.25) is 0 Å². The fourth-order valence-electron chi connectivity index (χ4n) is 7.76. The fourth-order valence-corrected chi connectivity index (χ4v) is 7.76. The van der Waals surface area contributed by atoms with Crippen LogP contribution in [0.15, 0.2) is 0 Å². The fraction of sp³-hybridized carbons (Fsp3) is 0.760. The summed E-state index contributed by atoms with van der Waals surface area (Å²) in [5.41, 5.74) is 0.406. The maximum atomic E-state index is 13.2. The number of hydrogen-bond donors (Lipinski definition) is 2. The quantitative estimate of drug-likeness (QED) is 0.671. The summed E-state index contributed by atoms with van der Waals surface area (Å²) in [6, 6.07) is -0.0198. The zero-order valence-corrected chi connectivity index (χ0v) is 19.4. The Morgan fingerprint density at radius 1 is 0.938 bits per heavy atom. The first kappa shape index (κ1) is 21.7. The van der Waals surface area contributed by atoms with E-state index in [0.717, 1.165) is 32.1 Å². The first-order chi connectivity index (χ1) is 15.2. The van der Waals surface area contributed by atoms with Crippen molar-refractivity contribution < 1.29 is 29.3 Å². The SMILES string of the molecule is COC(=O)C12CC3CC(CC(OC(=O)C4CCC(n5c(O)c(C)c(C)c5O)CC4)(C3)C1)C2. The van der Waals surface area contributed by atoms with Crippen molar-refractivity contribution in [1.82, 2.24) is 4.57 Å². The maximum absolute atomic E-state index is 13.2. The monoisotopic (exact) mass is 445 g/mol. The predicted molar refractivity (Wildman–Crippen MR) is 116 cm³/mol. The molecule has 2 atom stereocenters. The van der Waals surface area contributed by atoms with Gasteiger partial charge in [-0.05, 0) is 83.5 Å². The third kappa shape index (κ3) is 3.22. The minimum absolute atomic E-state index is 0.0198. The van der Waals surface area contributed by atoms with Crippen molar-refractivity contribution in [3.8, 4) is 11.8 Å². The maximum Gasteiger partial charge on any atom is 0.311 e. The number of ether oxygens (including phenoxy) is 2. The van der Waals surface area contributed by atoms with Crippen molar-refractivity contribution in [1.29, 1.82) is 0 Å². The highest BCUT2D eigenvalue weighted by Crippen LogP contribution is 2.63. The average molecular weight is 446 g/mol. The molecule has 0 aliphatic heterocycles. The molecule has 32 heavy (non-hydrogen) atoms. The molecule has 4 bridgehead atoms. The van der Waals surface area contributed by atoms with Crippen LogP contribution in [-0.4, -0.2) is 39.4 Å². The number of aromatic hydroxyl groups is 2. The second-order valence-corrected chi connectivity index (χ2v) is 11.1. The third-order valence-corrected chi connectivity index (χ3v) is 9.03. The van der Waals surface area contributed by atoms with E-state index < -0.39 is 11.0 Å². The van der Waals surface area contributed by atoms with Crippen molar-refractivity contribution in [2.75, 3.05) is 7.11 Å². The molecule has 176 valence electrons. The Kier molecular flexibility index (Phi) is 5.02. The molecular formula is C25H35NO6. The Bertz CT molecular complexity index is 901. The van der Waals surface area contributed by atoms with Gasteiger partial charge in [0.05, 0.1) is 18.4 Å². The molecule has 1 aromatic heterocycles. The van der Waals surface area contributed by atoms with Gasteiger partial charge in [0.25, 0.3) is 0 Å². The minimum atomic E-state index is -0.516. The molecule has 5 fully saturated rings. The Balaban J connectivity index is 1.26. The highest BCUT2D eigenvalue weighted by Gasteiger charge is 2.63. The molecule has 6 rings (SSSR count). The normalized spacial score (nSPS) is 38.0. The molecule has 1 aromatic rings. The van der Waals surface area contributed by atoms with Crippen molar-refractivity contribution in [3.05, 3.63) is 11.1 Å². The van der Waals surface area contributed by atoms with Gasteiger partial charge in [-0.3, -0.25) is 14.2 Å². The van der Waals surface area contributed by atoms with Gasteiger partial charge in [-0.1, -0.05) is 0 Å². The molecule has 7 heteroatoms. The summed E-state index contributed by atoms with van der Waals surface area (Å²) in [5, 5.41) is 20.9. The minimum Gasteiger partial charge on any atom is -0.494 e. The summed E-state index contributed by atoms with van der Waals surface area (Å²) in [6.07, 6.45) is 7.95. The largest absolute Gasteiger partial charge is 0.494 e. The highest BCUT2D eigenvalue weighted by atomic mass is 16.6.